The number of piperidine rings is 1. The third-order valence-corrected chi connectivity index (χ3v) is 10.9. The average Bonchev–Trinajstić information content (AvgIpc) is 3.17. The van der Waals surface area contributed by atoms with Crippen LogP contribution in [0.25, 0.3) is 0 Å². The Balaban J connectivity index is 1.29. The summed E-state index contributed by atoms with van der Waals surface area (Å²) in [7, 11) is -3.46. The van der Waals surface area contributed by atoms with E-state index in [1.807, 2.05) is 0 Å². The molecule has 166 valence electrons. The van der Waals surface area contributed by atoms with Gasteiger partial charge in [-0.15, -0.1) is 10.2 Å². The molecule has 1 saturated heterocycles. The number of nitrogens with zero attached hydrogens (tertiary/aromatic N) is 4. The lowest BCUT2D eigenvalue weighted by Gasteiger charge is -2.39. The van der Waals surface area contributed by atoms with Crippen molar-refractivity contribution in [3.05, 3.63) is 11.6 Å². The van der Waals surface area contributed by atoms with Crippen LogP contribution >= 0.6 is 0 Å². The Morgan fingerprint density at radius 1 is 1.03 bits per heavy atom. The highest BCUT2D eigenvalue weighted by Crippen LogP contribution is 2.64. The van der Waals surface area contributed by atoms with Gasteiger partial charge in [-0.3, -0.25) is 4.79 Å². The van der Waals surface area contributed by atoms with Gasteiger partial charge in [0.15, 0.2) is 0 Å². The van der Waals surface area contributed by atoms with Crippen LogP contribution in [0.4, 0.5) is 0 Å². The fourth-order valence-electron chi connectivity index (χ4n) is 6.71. The van der Waals surface area contributed by atoms with E-state index in [1.165, 1.54) is 12.8 Å². The van der Waals surface area contributed by atoms with Crippen LogP contribution in [-0.2, 0) is 27.8 Å². The van der Waals surface area contributed by atoms with Crippen LogP contribution in [0.15, 0.2) is 0 Å². The molecule has 0 aromatic carbocycles. The molecule has 3 fully saturated rings. The first-order chi connectivity index (χ1) is 14.2. The van der Waals surface area contributed by atoms with Gasteiger partial charge < -0.3 is 4.57 Å². The Morgan fingerprint density at radius 2 is 1.80 bits per heavy atom. The molecule has 2 aliphatic carbocycles. The van der Waals surface area contributed by atoms with Gasteiger partial charge in [0, 0.05) is 43.8 Å². The summed E-state index contributed by atoms with van der Waals surface area (Å²) in [4.78, 5) is 12.8. The number of sulfonamides is 1. The number of fused-ring (bicyclic) bond motifs is 3. The fourth-order valence-corrected chi connectivity index (χ4v) is 8.96. The van der Waals surface area contributed by atoms with Crippen LogP contribution in [0.1, 0.15) is 82.8 Å². The van der Waals surface area contributed by atoms with Gasteiger partial charge in [-0.2, -0.15) is 0 Å². The van der Waals surface area contributed by atoms with Crippen LogP contribution in [-0.4, -0.2) is 52.1 Å². The lowest BCUT2D eigenvalue weighted by atomic mass is 9.70. The number of aromatic nitrogens is 3. The molecule has 2 bridgehead atoms. The van der Waals surface area contributed by atoms with Crippen molar-refractivity contribution in [1.82, 2.24) is 19.1 Å². The van der Waals surface area contributed by atoms with Crippen molar-refractivity contribution in [2.75, 3.05) is 18.8 Å². The monoisotopic (exact) mass is 434 g/mol. The second kappa shape index (κ2) is 7.12. The summed E-state index contributed by atoms with van der Waals surface area (Å²) in [5.74, 6) is 2.92. The normalized spacial score (nSPS) is 32.3. The molecule has 5 rings (SSSR count). The van der Waals surface area contributed by atoms with Crippen molar-refractivity contribution in [2.45, 2.75) is 84.1 Å². The summed E-state index contributed by atoms with van der Waals surface area (Å²) in [6.45, 7) is 6.23. The number of hydrogen-bond acceptors (Lipinski definition) is 5. The van der Waals surface area contributed by atoms with Gasteiger partial charge in [-0.05, 0) is 49.9 Å². The van der Waals surface area contributed by atoms with E-state index in [4.69, 9.17) is 0 Å². The molecule has 2 atom stereocenters. The van der Waals surface area contributed by atoms with Gasteiger partial charge in [0.2, 0.25) is 10.0 Å². The van der Waals surface area contributed by atoms with Gasteiger partial charge in [-0.1, -0.05) is 20.3 Å². The zero-order valence-electron chi connectivity index (χ0n) is 18.3. The average molecular weight is 435 g/mol. The molecule has 30 heavy (non-hydrogen) atoms. The predicted molar refractivity (Wildman–Crippen MR) is 113 cm³/mol. The first kappa shape index (κ1) is 20.6. The highest BCUT2D eigenvalue weighted by molar-refractivity contribution is 7.89. The molecule has 0 radical (unpaired) electrons. The summed E-state index contributed by atoms with van der Waals surface area (Å²) in [6, 6.07) is 0. The van der Waals surface area contributed by atoms with Crippen molar-refractivity contribution < 1.29 is 13.2 Å². The number of aryl methyl sites for hydroxylation is 1. The summed E-state index contributed by atoms with van der Waals surface area (Å²) in [6.07, 6.45) is 8.39. The van der Waals surface area contributed by atoms with Gasteiger partial charge in [-0.25, -0.2) is 12.7 Å². The highest BCUT2D eigenvalue weighted by Gasteiger charge is 2.65. The third kappa shape index (κ3) is 3.00. The lowest BCUT2D eigenvalue weighted by Crippen LogP contribution is -2.48. The molecule has 2 unspecified atom stereocenters. The minimum Gasteiger partial charge on any atom is -0.315 e. The van der Waals surface area contributed by atoms with E-state index in [2.05, 4.69) is 28.6 Å². The molecule has 0 N–H and O–H groups in total. The molecule has 0 amide bonds. The largest absolute Gasteiger partial charge is 0.315 e. The fraction of sp³-hybridized carbons (Fsp3) is 0.864. The van der Waals surface area contributed by atoms with E-state index >= 15 is 0 Å². The van der Waals surface area contributed by atoms with Gasteiger partial charge in [0.25, 0.3) is 0 Å². The Labute approximate surface area is 179 Å². The molecule has 2 saturated carbocycles. The Bertz CT molecular complexity index is 946. The van der Waals surface area contributed by atoms with E-state index < -0.39 is 15.4 Å². The van der Waals surface area contributed by atoms with Crippen molar-refractivity contribution in [3.8, 4) is 0 Å². The zero-order chi connectivity index (χ0) is 21.1. The van der Waals surface area contributed by atoms with E-state index in [0.717, 1.165) is 56.7 Å². The highest BCUT2D eigenvalue weighted by atomic mass is 32.2. The molecule has 0 spiro atoms. The molecule has 1 aromatic heterocycles. The number of carbonyl (C=O) groups is 1. The van der Waals surface area contributed by atoms with Gasteiger partial charge in [0.05, 0.1) is 5.75 Å². The summed E-state index contributed by atoms with van der Waals surface area (Å²) in [5, 5.41) is 8.91. The number of carbonyl (C=O) groups excluding carboxylic acids is 1. The van der Waals surface area contributed by atoms with Crippen LogP contribution in [0.2, 0.25) is 0 Å². The Kier molecular flexibility index (Phi) is 4.89. The molecule has 2 aliphatic heterocycles. The summed E-state index contributed by atoms with van der Waals surface area (Å²) in [5.41, 5.74) is -0.897. The SMILES string of the molecule is CC1(C)C2CCC1(CS(=O)(=O)N1CCC(c3nnc4n3CCCCC4)CC1)C(=O)C2. The smallest absolute Gasteiger partial charge is 0.215 e. The second-order valence-corrected chi connectivity index (χ2v) is 12.5. The maximum atomic E-state index is 13.4. The molecular formula is C22H34N4O3S. The Morgan fingerprint density at radius 3 is 2.47 bits per heavy atom. The number of Topliss-reactive ketones (excluding diaryl/α,β-unsaturated/α-hetero) is 1. The summed E-state index contributed by atoms with van der Waals surface area (Å²) >= 11 is 0. The van der Waals surface area contributed by atoms with Gasteiger partial charge >= 0.3 is 0 Å². The first-order valence-corrected chi connectivity index (χ1v) is 13.3. The van der Waals surface area contributed by atoms with E-state index in [-0.39, 0.29) is 22.9 Å². The standard InChI is InChI=1S/C22H34N4O3S/c1-21(2)17-7-10-22(21,18(27)14-17)15-30(28,29)25-12-8-16(9-13-25)20-24-23-19-6-4-3-5-11-26(19)20/h16-17H,3-15H2,1-2H3. The minimum atomic E-state index is -3.46. The van der Waals surface area contributed by atoms with Crippen LogP contribution in [0.3, 0.4) is 0 Å². The minimum absolute atomic E-state index is 0.00662. The number of hydrogen-bond donors (Lipinski definition) is 0. The van der Waals surface area contributed by atoms with Crippen LogP contribution < -0.4 is 0 Å². The molecule has 7 nitrogen and oxygen atoms in total. The lowest BCUT2D eigenvalue weighted by molar-refractivity contribution is -0.128. The summed E-state index contributed by atoms with van der Waals surface area (Å²) < 4.78 is 30.7. The zero-order valence-corrected chi connectivity index (χ0v) is 19.1. The topological polar surface area (TPSA) is 85.2 Å². The van der Waals surface area contributed by atoms with Crippen LogP contribution in [0, 0.1) is 16.7 Å². The maximum absolute atomic E-state index is 13.4. The molecule has 1 aromatic rings. The van der Waals surface area contributed by atoms with Crippen molar-refractivity contribution >= 4 is 15.8 Å². The molecule has 4 aliphatic rings. The van der Waals surface area contributed by atoms with Crippen molar-refractivity contribution in [1.29, 1.82) is 0 Å². The first-order valence-electron chi connectivity index (χ1n) is 11.7. The quantitative estimate of drug-likeness (QED) is 0.727. The van der Waals surface area contributed by atoms with E-state index in [0.29, 0.717) is 25.4 Å². The molecule has 8 heteroatoms. The number of rotatable bonds is 4. The second-order valence-electron chi connectivity index (χ2n) is 10.5. The van der Waals surface area contributed by atoms with E-state index in [9.17, 15) is 13.2 Å². The number of ketones is 1. The maximum Gasteiger partial charge on any atom is 0.215 e. The van der Waals surface area contributed by atoms with Crippen molar-refractivity contribution in [2.24, 2.45) is 16.7 Å². The predicted octanol–water partition coefficient (Wildman–Crippen LogP) is 2.91. The molecular weight excluding hydrogens is 400 g/mol. The molecule has 3 heterocycles. The van der Waals surface area contributed by atoms with Crippen LogP contribution in [0.5, 0.6) is 0 Å². The Hall–Kier alpha value is -1.28. The third-order valence-electron chi connectivity index (χ3n) is 8.92. The van der Waals surface area contributed by atoms with E-state index in [1.54, 1.807) is 4.31 Å². The van der Waals surface area contributed by atoms with Crippen molar-refractivity contribution in [3.63, 3.8) is 0 Å². The van der Waals surface area contributed by atoms with Gasteiger partial charge in [0.1, 0.15) is 17.4 Å².